The summed E-state index contributed by atoms with van der Waals surface area (Å²) >= 11 is 0. The number of aromatic nitrogens is 1. The Kier molecular flexibility index (Phi) is 3.23. The Morgan fingerprint density at radius 1 is 1.21 bits per heavy atom. The van der Waals surface area contributed by atoms with Crippen molar-refractivity contribution in [2.75, 3.05) is 6.61 Å². The molecule has 0 atom stereocenters. The molecule has 2 aromatic rings. The number of pyridine rings is 1. The van der Waals surface area contributed by atoms with Crippen molar-refractivity contribution in [1.29, 1.82) is 0 Å². The Bertz CT molecular complexity index is 676. The molecule has 19 heavy (non-hydrogen) atoms. The molecule has 0 amide bonds. The van der Waals surface area contributed by atoms with Gasteiger partial charge in [0.25, 0.3) is 5.56 Å². The first-order valence-corrected chi connectivity index (χ1v) is 5.39. The van der Waals surface area contributed by atoms with Gasteiger partial charge in [0, 0.05) is 24.1 Å². The standard InChI is InChI=1S/C12H10F3NO3/c13-12(14,15)9-6-11(19)16(3-4-17)10-5-7(18)1-2-8(9)10/h1-2,5-6,17-18H,3-4H2. The van der Waals surface area contributed by atoms with Crippen LogP contribution in [0.3, 0.4) is 0 Å². The Labute approximate surface area is 105 Å². The van der Waals surface area contributed by atoms with Crippen LogP contribution in [0.25, 0.3) is 10.9 Å². The predicted octanol–water partition coefficient (Wildman–Crippen LogP) is 1.72. The maximum Gasteiger partial charge on any atom is 0.417 e. The first-order chi connectivity index (χ1) is 8.84. The maximum absolute atomic E-state index is 12.9. The summed E-state index contributed by atoms with van der Waals surface area (Å²) in [6.45, 7) is -0.535. The van der Waals surface area contributed by atoms with Crippen molar-refractivity contribution in [3.63, 3.8) is 0 Å². The molecule has 1 heterocycles. The summed E-state index contributed by atoms with van der Waals surface area (Å²) in [6.07, 6.45) is -4.66. The van der Waals surface area contributed by atoms with Crippen molar-refractivity contribution in [3.05, 3.63) is 40.2 Å². The van der Waals surface area contributed by atoms with E-state index in [1.165, 1.54) is 0 Å². The zero-order valence-electron chi connectivity index (χ0n) is 9.61. The van der Waals surface area contributed by atoms with Crippen LogP contribution < -0.4 is 5.56 Å². The number of aliphatic hydroxyl groups is 1. The Morgan fingerprint density at radius 3 is 2.47 bits per heavy atom. The van der Waals surface area contributed by atoms with Crippen LogP contribution in [0, 0.1) is 0 Å². The average molecular weight is 273 g/mol. The van der Waals surface area contributed by atoms with Gasteiger partial charge in [0.15, 0.2) is 0 Å². The number of fused-ring (bicyclic) bond motifs is 1. The number of hydrogen-bond donors (Lipinski definition) is 2. The number of phenols is 1. The molecule has 0 aliphatic carbocycles. The number of aliphatic hydroxyl groups excluding tert-OH is 1. The highest BCUT2D eigenvalue weighted by Gasteiger charge is 2.33. The summed E-state index contributed by atoms with van der Waals surface area (Å²) in [5.74, 6) is -0.252. The molecule has 0 saturated carbocycles. The highest BCUT2D eigenvalue weighted by Crippen LogP contribution is 2.34. The monoisotopic (exact) mass is 273 g/mol. The third-order valence-electron chi connectivity index (χ3n) is 2.73. The fourth-order valence-corrected chi connectivity index (χ4v) is 1.93. The van der Waals surface area contributed by atoms with Crippen LogP contribution in [0.2, 0.25) is 0 Å². The van der Waals surface area contributed by atoms with Crippen LogP contribution in [0.4, 0.5) is 13.2 Å². The van der Waals surface area contributed by atoms with E-state index in [4.69, 9.17) is 5.11 Å². The Morgan fingerprint density at radius 2 is 1.89 bits per heavy atom. The lowest BCUT2D eigenvalue weighted by molar-refractivity contribution is -0.136. The molecule has 1 aromatic heterocycles. The topological polar surface area (TPSA) is 62.5 Å². The van der Waals surface area contributed by atoms with E-state index in [0.717, 1.165) is 22.8 Å². The molecule has 0 spiro atoms. The molecule has 0 aliphatic rings. The quantitative estimate of drug-likeness (QED) is 0.875. The first-order valence-electron chi connectivity index (χ1n) is 5.39. The lowest BCUT2D eigenvalue weighted by Crippen LogP contribution is -2.24. The van der Waals surface area contributed by atoms with Gasteiger partial charge in [-0.25, -0.2) is 0 Å². The van der Waals surface area contributed by atoms with Crippen molar-refractivity contribution in [2.45, 2.75) is 12.7 Å². The van der Waals surface area contributed by atoms with E-state index in [1.54, 1.807) is 0 Å². The highest BCUT2D eigenvalue weighted by molar-refractivity contribution is 5.84. The zero-order chi connectivity index (χ0) is 14.2. The normalized spacial score (nSPS) is 12.0. The molecule has 102 valence electrons. The van der Waals surface area contributed by atoms with Crippen LogP contribution in [-0.4, -0.2) is 21.4 Å². The van der Waals surface area contributed by atoms with Crippen molar-refractivity contribution >= 4 is 10.9 Å². The summed E-state index contributed by atoms with van der Waals surface area (Å²) in [7, 11) is 0. The van der Waals surface area contributed by atoms with E-state index in [9.17, 15) is 23.1 Å². The van der Waals surface area contributed by atoms with Crippen LogP contribution in [0.15, 0.2) is 29.1 Å². The largest absolute Gasteiger partial charge is 0.508 e. The Balaban J connectivity index is 2.90. The van der Waals surface area contributed by atoms with E-state index in [2.05, 4.69) is 0 Å². The molecule has 0 saturated heterocycles. The van der Waals surface area contributed by atoms with E-state index in [0.29, 0.717) is 6.07 Å². The maximum atomic E-state index is 12.9. The molecular weight excluding hydrogens is 263 g/mol. The molecule has 7 heteroatoms. The molecular formula is C12H10F3NO3. The second-order valence-electron chi connectivity index (χ2n) is 3.97. The summed E-state index contributed by atoms with van der Waals surface area (Å²) in [5.41, 5.74) is -1.99. The molecule has 0 aliphatic heterocycles. The van der Waals surface area contributed by atoms with Crippen LogP contribution in [-0.2, 0) is 12.7 Å². The predicted molar refractivity (Wildman–Crippen MR) is 62.0 cm³/mol. The van der Waals surface area contributed by atoms with Crippen molar-refractivity contribution in [3.8, 4) is 5.75 Å². The SMILES string of the molecule is O=c1cc(C(F)(F)F)c2ccc(O)cc2n1CCO. The van der Waals surface area contributed by atoms with Gasteiger partial charge in [-0.3, -0.25) is 4.79 Å². The van der Waals surface area contributed by atoms with Gasteiger partial charge in [-0.2, -0.15) is 13.2 Å². The summed E-state index contributed by atoms with van der Waals surface area (Å²) in [5, 5.41) is 18.0. The molecule has 0 unspecified atom stereocenters. The van der Waals surface area contributed by atoms with Gasteiger partial charge in [0.1, 0.15) is 5.75 Å². The van der Waals surface area contributed by atoms with Crippen LogP contribution in [0.5, 0.6) is 5.75 Å². The fraction of sp³-hybridized carbons (Fsp3) is 0.250. The number of aromatic hydroxyl groups is 1. The molecule has 0 fully saturated rings. The second kappa shape index (κ2) is 4.58. The average Bonchev–Trinajstić information content (AvgIpc) is 2.31. The van der Waals surface area contributed by atoms with Crippen LogP contribution >= 0.6 is 0 Å². The Hall–Kier alpha value is -2.02. The van der Waals surface area contributed by atoms with Crippen molar-refractivity contribution in [2.24, 2.45) is 0 Å². The fourth-order valence-electron chi connectivity index (χ4n) is 1.93. The van der Waals surface area contributed by atoms with Crippen molar-refractivity contribution < 1.29 is 23.4 Å². The smallest absolute Gasteiger partial charge is 0.417 e. The van der Waals surface area contributed by atoms with E-state index in [1.807, 2.05) is 0 Å². The molecule has 4 nitrogen and oxygen atoms in total. The number of alkyl halides is 3. The number of phenolic OH excluding ortho intramolecular Hbond substituents is 1. The van der Waals surface area contributed by atoms with E-state index >= 15 is 0 Å². The van der Waals surface area contributed by atoms with Gasteiger partial charge in [0.05, 0.1) is 17.7 Å². The van der Waals surface area contributed by atoms with E-state index in [-0.39, 0.29) is 23.2 Å². The molecule has 1 aromatic carbocycles. The third kappa shape index (κ3) is 2.41. The molecule has 2 N–H and O–H groups in total. The molecule has 2 rings (SSSR count). The minimum Gasteiger partial charge on any atom is -0.508 e. The third-order valence-corrected chi connectivity index (χ3v) is 2.73. The minimum absolute atomic E-state index is 0.0612. The minimum atomic E-state index is -4.66. The number of benzene rings is 1. The van der Waals surface area contributed by atoms with Crippen LogP contribution in [0.1, 0.15) is 5.56 Å². The summed E-state index contributed by atoms with van der Waals surface area (Å²) in [6, 6.07) is 3.78. The molecule has 0 radical (unpaired) electrons. The van der Waals surface area contributed by atoms with E-state index < -0.39 is 23.9 Å². The number of nitrogens with zero attached hydrogens (tertiary/aromatic N) is 1. The molecule has 0 bridgehead atoms. The zero-order valence-corrected chi connectivity index (χ0v) is 9.61. The lowest BCUT2D eigenvalue weighted by atomic mass is 10.1. The van der Waals surface area contributed by atoms with Gasteiger partial charge >= 0.3 is 6.18 Å². The number of rotatable bonds is 2. The van der Waals surface area contributed by atoms with Gasteiger partial charge in [-0.1, -0.05) is 0 Å². The van der Waals surface area contributed by atoms with Gasteiger partial charge in [-0.15, -0.1) is 0 Å². The van der Waals surface area contributed by atoms with Crippen molar-refractivity contribution in [1.82, 2.24) is 4.57 Å². The lowest BCUT2D eigenvalue weighted by Gasteiger charge is -2.14. The summed E-state index contributed by atoms with van der Waals surface area (Å²) in [4.78, 5) is 11.7. The second-order valence-corrected chi connectivity index (χ2v) is 3.97. The summed E-state index contributed by atoms with van der Waals surface area (Å²) < 4.78 is 39.6. The van der Waals surface area contributed by atoms with Gasteiger partial charge in [0.2, 0.25) is 0 Å². The number of hydrogen-bond acceptors (Lipinski definition) is 3. The number of halogens is 3. The first kappa shape index (κ1) is 13.4. The van der Waals surface area contributed by atoms with Gasteiger partial charge in [-0.05, 0) is 12.1 Å². The highest BCUT2D eigenvalue weighted by atomic mass is 19.4. The van der Waals surface area contributed by atoms with Gasteiger partial charge < -0.3 is 14.8 Å².